The zero-order valence-corrected chi connectivity index (χ0v) is 16.5. The number of nitrogens with zero attached hydrogens (tertiary/aromatic N) is 2. The molecule has 0 saturated carbocycles. The van der Waals surface area contributed by atoms with Crippen molar-refractivity contribution >= 4 is 22.5 Å². The number of aromatic nitrogens is 2. The summed E-state index contributed by atoms with van der Waals surface area (Å²) in [6, 6.07) is 19.0. The summed E-state index contributed by atoms with van der Waals surface area (Å²) in [6.45, 7) is 6.20. The van der Waals surface area contributed by atoms with E-state index in [1.807, 2.05) is 18.2 Å². The molecule has 28 heavy (non-hydrogen) atoms. The van der Waals surface area contributed by atoms with Gasteiger partial charge in [0, 0.05) is 5.69 Å². The maximum Gasteiger partial charge on any atom is 0.320 e. The van der Waals surface area contributed by atoms with Crippen molar-refractivity contribution in [1.82, 2.24) is 10.2 Å². The lowest BCUT2D eigenvalue weighted by Gasteiger charge is -2.10. The van der Waals surface area contributed by atoms with Crippen molar-refractivity contribution in [2.75, 3.05) is 12.4 Å². The topological polar surface area (TPSA) is 60.2 Å². The van der Waals surface area contributed by atoms with Gasteiger partial charge in [0.05, 0.1) is 13.0 Å². The quantitative estimate of drug-likeness (QED) is 0.483. The minimum Gasteiger partial charge on any atom is -0.497 e. The molecule has 4 rings (SSSR count). The van der Waals surface area contributed by atoms with E-state index in [9.17, 15) is 0 Å². The Morgan fingerprint density at radius 2 is 1.71 bits per heavy atom. The van der Waals surface area contributed by atoms with Crippen LogP contribution in [0.15, 0.2) is 59.0 Å². The summed E-state index contributed by atoms with van der Waals surface area (Å²) in [5, 5.41) is 13.9. The van der Waals surface area contributed by atoms with Gasteiger partial charge in [0.1, 0.15) is 5.75 Å². The van der Waals surface area contributed by atoms with E-state index in [1.165, 1.54) is 5.56 Å². The second kappa shape index (κ2) is 7.35. The zero-order valence-electron chi connectivity index (χ0n) is 16.5. The number of ether oxygens (including phenoxy) is 1. The SMILES string of the molecule is COc1ccc2cc(C(C)c3nnc(Nc4ccc(C)cc4C)o3)ccc2c1. The summed E-state index contributed by atoms with van der Waals surface area (Å²) < 4.78 is 11.2. The number of methoxy groups -OCH3 is 1. The molecule has 142 valence electrons. The first kappa shape index (κ1) is 18.0. The van der Waals surface area contributed by atoms with Gasteiger partial charge in [-0.1, -0.05) is 47.1 Å². The standard InChI is InChI=1S/C23H23N3O2/c1-14-5-10-21(15(2)11-14)24-23-26-25-22(28-23)16(3)17-6-7-19-13-20(27-4)9-8-18(19)12-17/h5-13,16H,1-4H3,(H,24,26). The van der Waals surface area contributed by atoms with Crippen molar-refractivity contribution in [3.63, 3.8) is 0 Å². The fourth-order valence-corrected chi connectivity index (χ4v) is 3.31. The van der Waals surface area contributed by atoms with E-state index in [1.54, 1.807) is 7.11 Å². The predicted octanol–water partition coefficient (Wildman–Crippen LogP) is 5.74. The van der Waals surface area contributed by atoms with Crippen LogP contribution in [0.25, 0.3) is 10.8 Å². The van der Waals surface area contributed by atoms with Crippen LogP contribution in [0.1, 0.15) is 35.4 Å². The number of rotatable bonds is 5. The molecule has 5 heteroatoms. The minimum absolute atomic E-state index is 0.00586. The molecule has 0 amide bonds. The first-order chi connectivity index (χ1) is 13.5. The van der Waals surface area contributed by atoms with Crippen LogP contribution < -0.4 is 10.1 Å². The van der Waals surface area contributed by atoms with Crippen LogP contribution in [0.3, 0.4) is 0 Å². The largest absolute Gasteiger partial charge is 0.497 e. The molecule has 1 aromatic heterocycles. The second-order valence-electron chi connectivity index (χ2n) is 7.08. The highest BCUT2D eigenvalue weighted by atomic mass is 16.5. The summed E-state index contributed by atoms with van der Waals surface area (Å²) in [5.41, 5.74) is 4.45. The molecule has 0 spiro atoms. The Bertz CT molecular complexity index is 1130. The molecule has 1 atom stereocenters. The maximum absolute atomic E-state index is 5.88. The van der Waals surface area contributed by atoms with Crippen LogP contribution in [0.2, 0.25) is 0 Å². The normalized spacial score (nSPS) is 12.1. The lowest BCUT2D eigenvalue weighted by molar-refractivity contribution is 0.415. The Hall–Kier alpha value is -3.34. The first-order valence-electron chi connectivity index (χ1n) is 9.29. The van der Waals surface area contributed by atoms with Gasteiger partial charge in [0.2, 0.25) is 5.89 Å². The van der Waals surface area contributed by atoms with Crippen molar-refractivity contribution < 1.29 is 9.15 Å². The van der Waals surface area contributed by atoms with E-state index >= 15 is 0 Å². The van der Waals surface area contributed by atoms with E-state index in [4.69, 9.17) is 9.15 Å². The molecule has 4 aromatic rings. The van der Waals surface area contributed by atoms with E-state index in [2.05, 4.69) is 72.7 Å². The van der Waals surface area contributed by atoms with Gasteiger partial charge in [-0.2, -0.15) is 0 Å². The van der Waals surface area contributed by atoms with Gasteiger partial charge in [0.15, 0.2) is 0 Å². The van der Waals surface area contributed by atoms with Gasteiger partial charge in [0.25, 0.3) is 0 Å². The smallest absolute Gasteiger partial charge is 0.320 e. The van der Waals surface area contributed by atoms with Crippen molar-refractivity contribution in [3.8, 4) is 5.75 Å². The molecule has 0 saturated heterocycles. The van der Waals surface area contributed by atoms with E-state index in [0.29, 0.717) is 11.9 Å². The van der Waals surface area contributed by atoms with Crippen LogP contribution in [-0.2, 0) is 0 Å². The molecule has 0 aliphatic carbocycles. The summed E-state index contributed by atoms with van der Waals surface area (Å²) in [6.07, 6.45) is 0. The van der Waals surface area contributed by atoms with Gasteiger partial charge >= 0.3 is 6.01 Å². The Morgan fingerprint density at radius 1 is 0.929 bits per heavy atom. The van der Waals surface area contributed by atoms with Crippen molar-refractivity contribution in [3.05, 3.63) is 77.2 Å². The number of fused-ring (bicyclic) bond motifs is 1. The fraction of sp³-hybridized carbons (Fsp3) is 0.217. The number of aryl methyl sites for hydroxylation is 2. The number of anilines is 2. The molecule has 0 radical (unpaired) electrons. The van der Waals surface area contributed by atoms with E-state index in [0.717, 1.165) is 33.3 Å². The van der Waals surface area contributed by atoms with Crippen molar-refractivity contribution in [1.29, 1.82) is 0 Å². The minimum atomic E-state index is -0.00586. The van der Waals surface area contributed by atoms with Crippen LogP contribution in [0.5, 0.6) is 5.75 Å². The highest BCUT2D eigenvalue weighted by Gasteiger charge is 2.17. The summed E-state index contributed by atoms with van der Waals surface area (Å²) >= 11 is 0. The Balaban J connectivity index is 1.57. The zero-order chi connectivity index (χ0) is 19.7. The Kier molecular flexibility index (Phi) is 4.74. The lowest BCUT2D eigenvalue weighted by atomic mass is 9.97. The van der Waals surface area contributed by atoms with Crippen LogP contribution in [0, 0.1) is 13.8 Å². The second-order valence-corrected chi connectivity index (χ2v) is 7.08. The lowest BCUT2D eigenvalue weighted by Crippen LogP contribution is -1.96. The highest BCUT2D eigenvalue weighted by molar-refractivity contribution is 5.84. The van der Waals surface area contributed by atoms with E-state index in [-0.39, 0.29) is 5.92 Å². The molecule has 1 unspecified atom stereocenters. The molecule has 0 aliphatic rings. The third kappa shape index (κ3) is 3.56. The number of benzene rings is 3. The summed E-state index contributed by atoms with van der Waals surface area (Å²) in [5.74, 6) is 1.43. The molecular formula is C23H23N3O2. The number of nitrogens with one attached hydrogen (secondary N) is 1. The summed E-state index contributed by atoms with van der Waals surface area (Å²) in [7, 11) is 1.68. The van der Waals surface area contributed by atoms with Gasteiger partial charge in [-0.3, -0.25) is 0 Å². The Labute approximate surface area is 164 Å². The van der Waals surface area contributed by atoms with Crippen LogP contribution in [0.4, 0.5) is 11.7 Å². The molecule has 0 fully saturated rings. The third-order valence-corrected chi connectivity index (χ3v) is 5.01. The van der Waals surface area contributed by atoms with Crippen LogP contribution >= 0.6 is 0 Å². The van der Waals surface area contributed by atoms with Gasteiger partial charge in [-0.25, -0.2) is 0 Å². The van der Waals surface area contributed by atoms with Crippen molar-refractivity contribution in [2.24, 2.45) is 0 Å². The molecule has 1 heterocycles. The molecule has 1 N–H and O–H groups in total. The average molecular weight is 373 g/mol. The fourth-order valence-electron chi connectivity index (χ4n) is 3.31. The van der Waals surface area contributed by atoms with Crippen molar-refractivity contribution in [2.45, 2.75) is 26.7 Å². The van der Waals surface area contributed by atoms with Gasteiger partial charge in [-0.15, -0.1) is 5.10 Å². The monoisotopic (exact) mass is 373 g/mol. The first-order valence-corrected chi connectivity index (χ1v) is 9.29. The summed E-state index contributed by atoms with van der Waals surface area (Å²) in [4.78, 5) is 0. The van der Waals surface area contributed by atoms with Crippen LogP contribution in [-0.4, -0.2) is 17.3 Å². The third-order valence-electron chi connectivity index (χ3n) is 5.01. The highest BCUT2D eigenvalue weighted by Crippen LogP contribution is 2.29. The molecule has 3 aromatic carbocycles. The van der Waals surface area contributed by atoms with E-state index < -0.39 is 0 Å². The number of hydrogen-bond acceptors (Lipinski definition) is 5. The average Bonchev–Trinajstić information content (AvgIpc) is 3.17. The van der Waals surface area contributed by atoms with Gasteiger partial charge < -0.3 is 14.5 Å². The number of hydrogen-bond donors (Lipinski definition) is 1. The van der Waals surface area contributed by atoms with Gasteiger partial charge in [-0.05, 0) is 60.9 Å². The Morgan fingerprint density at radius 3 is 2.50 bits per heavy atom. The predicted molar refractivity (Wildman–Crippen MR) is 112 cm³/mol. The molecule has 0 aliphatic heterocycles. The molecular weight excluding hydrogens is 350 g/mol. The molecule has 0 bridgehead atoms. The maximum atomic E-state index is 5.88. The molecule has 5 nitrogen and oxygen atoms in total.